The van der Waals surface area contributed by atoms with E-state index in [0.29, 0.717) is 18.4 Å². The normalized spacial score (nSPS) is 17.2. The van der Waals surface area contributed by atoms with E-state index in [2.05, 4.69) is 36.4 Å². The zero-order valence-corrected chi connectivity index (χ0v) is 22.3. The molecule has 2 N–H and O–H groups in total. The van der Waals surface area contributed by atoms with Crippen molar-refractivity contribution in [2.24, 2.45) is 0 Å². The first-order valence-corrected chi connectivity index (χ1v) is 14.9. The van der Waals surface area contributed by atoms with Gasteiger partial charge in [0.1, 0.15) is 0 Å². The minimum atomic E-state index is -4.35. The van der Waals surface area contributed by atoms with Gasteiger partial charge in [-0.15, -0.1) is 6.58 Å². The zero-order chi connectivity index (χ0) is 27.0. The monoisotopic (exact) mass is 542 g/mol. The molecule has 196 valence electrons. The maximum absolute atomic E-state index is 11.7. The minimum absolute atomic E-state index is 0.0260. The lowest BCUT2D eigenvalue weighted by Gasteiger charge is -2.28. The molecule has 0 saturated carbocycles. The number of anilines is 1. The molecule has 1 aliphatic heterocycles. The van der Waals surface area contributed by atoms with Gasteiger partial charge in [0.05, 0.1) is 10.6 Å². The van der Waals surface area contributed by atoms with E-state index in [0.717, 1.165) is 28.0 Å². The summed E-state index contributed by atoms with van der Waals surface area (Å²) in [5.41, 5.74) is 3.20. The standard InChI is InChI=1S/C27H30N2O6S2/c1-4-19(23-8-5-6-15-28-23)10-14-25-27(2,3)26-22-12-11-21(37(33,34)35)18-20(22)9-13-24(26)29(25)16-7-17-36(30,31)32/h4-6,8-9,11-15,18-19H,1,7,10,16-17H2,2-3H3,(H,30,31,32)(H,33,34,35). The quantitative estimate of drug-likeness (QED) is 0.283. The first-order valence-electron chi connectivity index (χ1n) is 11.8. The molecule has 2 heterocycles. The number of aromatic nitrogens is 1. The number of nitrogens with zero attached hydrogens (tertiary/aromatic N) is 2. The molecule has 1 aliphatic rings. The van der Waals surface area contributed by atoms with Crippen molar-refractivity contribution in [3.05, 3.63) is 90.4 Å². The fraction of sp³-hybridized carbons (Fsp3) is 0.296. The molecule has 1 aromatic heterocycles. The summed E-state index contributed by atoms with van der Waals surface area (Å²) in [4.78, 5) is 6.34. The predicted octanol–water partition coefficient (Wildman–Crippen LogP) is 5.10. The largest absolute Gasteiger partial charge is 0.344 e. The number of benzene rings is 2. The van der Waals surface area contributed by atoms with Gasteiger partial charge in [0, 0.05) is 41.2 Å². The highest BCUT2D eigenvalue weighted by Crippen LogP contribution is 2.51. The van der Waals surface area contributed by atoms with Gasteiger partial charge in [0.15, 0.2) is 0 Å². The lowest BCUT2D eigenvalue weighted by molar-refractivity contribution is 0.479. The number of fused-ring (bicyclic) bond motifs is 3. The van der Waals surface area contributed by atoms with Crippen LogP contribution in [-0.4, -0.2) is 43.2 Å². The van der Waals surface area contributed by atoms with Crippen molar-refractivity contribution in [1.29, 1.82) is 0 Å². The molecule has 0 bridgehead atoms. The zero-order valence-electron chi connectivity index (χ0n) is 20.7. The molecule has 0 amide bonds. The van der Waals surface area contributed by atoms with E-state index in [1.165, 1.54) is 12.1 Å². The molecule has 1 unspecified atom stereocenters. The summed E-state index contributed by atoms with van der Waals surface area (Å²) in [6, 6.07) is 13.9. The van der Waals surface area contributed by atoms with Gasteiger partial charge >= 0.3 is 0 Å². The minimum Gasteiger partial charge on any atom is -0.344 e. The Balaban J connectivity index is 1.81. The predicted molar refractivity (Wildman–Crippen MR) is 145 cm³/mol. The summed E-state index contributed by atoms with van der Waals surface area (Å²) < 4.78 is 64.9. The van der Waals surface area contributed by atoms with Gasteiger partial charge in [-0.25, -0.2) is 0 Å². The Labute approximate surface area is 217 Å². The van der Waals surface area contributed by atoms with Crippen LogP contribution in [0.4, 0.5) is 5.69 Å². The molecule has 0 saturated heterocycles. The van der Waals surface area contributed by atoms with E-state index in [1.807, 2.05) is 30.3 Å². The summed E-state index contributed by atoms with van der Waals surface area (Å²) in [6.07, 6.45) is 6.54. The molecular formula is C27H30N2O6S2. The van der Waals surface area contributed by atoms with E-state index in [1.54, 1.807) is 18.3 Å². The fourth-order valence-corrected chi connectivity index (χ4v) is 6.13. The fourth-order valence-electron chi connectivity index (χ4n) is 5.12. The maximum Gasteiger partial charge on any atom is 0.294 e. The third kappa shape index (κ3) is 5.62. The van der Waals surface area contributed by atoms with Gasteiger partial charge < -0.3 is 4.90 Å². The van der Waals surface area contributed by atoms with Crippen molar-refractivity contribution in [2.45, 2.75) is 42.9 Å². The molecular weight excluding hydrogens is 512 g/mol. The number of allylic oxidation sites excluding steroid dienone is 3. The topological polar surface area (TPSA) is 125 Å². The Morgan fingerprint density at radius 2 is 1.84 bits per heavy atom. The van der Waals surface area contributed by atoms with Crippen LogP contribution < -0.4 is 4.90 Å². The molecule has 8 nitrogen and oxygen atoms in total. The van der Waals surface area contributed by atoms with Crippen LogP contribution in [0.15, 0.2) is 84.1 Å². The van der Waals surface area contributed by atoms with Gasteiger partial charge in [-0.05, 0) is 59.5 Å². The van der Waals surface area contributed by atoms with Crippen LogP contribution in [0.5, 0.6) is 0 Å². The smallest absolute Gasteiger partial charge is 0.294 e. The second kappa shape index (κ2) is 10.0. The van der Waals surface area contributed by atoms with Gasteiger partial charge in [-0.1, -0.05) is 44.2 Å². The first-order chi connectivity index (χ1) is 17.3. The summed E-state index contributed by atoms with van der Waals surface area (Å²) in [5, 5.41) is 1.50. The van der Waals surface area contributed by atoms with Crippen molar-refractivity contribution in [3.8, 4) is 0 Å². The molecule has 4 rings (SSSR count). The van der Waals surface area contributed by atoms with Crippen molar-refractivity contribution >= 4 is 36.7 Å². The van der Waals surface area contributed by atoms with Gasteiger partial charge in [-0.3, -0.25) is 14.1 Å². The van der Waals surface area contributed by atoms with Gasteiger partial charge in [-0.2, -0.15) is 16.8 Å². The Morgan fingerprint density at radius 1 is 1.08 bits per heavy atom. The van der Waals surface area contributed by atoms with Crippen LogP contribution in [0, 0.1) is 0 Å². The molecule has 0 fully saturated rings. The van der Waals surface area contributed by atoms with Crippen LogP contribution >= 0.6 is 0 Å². The molecule has 0 aliphatic carbocycles. The average Bonchev–Trinajstić information content (AvgIpc) is 3.04. The first kappa shape index (κ1) is 27.0. The molecule has 37 heavy (non-hydrogen) atoms. The molecule has 1 atom stereocenters. The Hall–Kier alpha value is -3.05. The summed E-state index contributed by atoms with van der Waals surface area (Å²) in [5.74, 6) is -0.386. The van der Waals surface area contributed by atoms with Crippen LogP contribution in [0.25, 0.3) is 10.8 Å². The van der Waals surface area contributed by atoms with E-state index in [9.17, 15) is 25.9 Å². The van der Waals surface area contributed by atoms with Crippen LogP contribution in [0.2, 0.25) is 0 Å². The highest BCUT2D eigenvalue weighted by Gasteiger charge is 2.41. The summed E-state index contributed by atoms with van der Waals surface area (Å²) in [6.45, 7) is 8.48. The van der Waals surface area contributed by atoms with Crippen molar-refractivity contribution in [2.75, 3.05) is 17.2 Å². The van der Waals surface area contributed by atoms with Gasteiger partial charge in [0.2, 0.25) is 0 Å². The highest BCUT2D eigenvalue weighted by molar-refractivity contribution is 7.86. The van der Waals surface area contributed by atoms with E-state index in [-0.39, 0.29) is 23.0 Å². The van der Waals surface area contributed by atoms with Crippen LogP contribution in [0.1, 0.15) is 43.9 Å². The maximum atomic E-state index is 11.7. The molecule has 10 heteroatoms. The van der Waals surface area contributed by atoms with E-state index < -0.39 is 25.7 Å². The third-order valence-corrected chi connectivity index (χ3v) is 8.47. The van der Waals surface area contributed by atoms with Gasteiger partial charge in [0.25, 0.3) is 20.2 Å². The number of hydrogen-bond acceptors (Lipinski definition) is 6. The summed E-state index contributed by atoms with van der Waals surface area (Å²) in [7, 11) is -8.46. The molecule has 0 radical (unpaired) electrons. The Kier molecular flexibility index (Phi) is 7.31. The average molecular weight is 543 g/mol. The van der Waals surface area contributed by atoms with Crippen molar-refractivity contribution < 1.29 is 25.9 Å². The van der Waals surface area contributed by atoms with Crippen LogP contribution in [0.3, 0.4) is 0 Å². The SMILES string of the molecule is C=CC(CC=C1N(CCCS(=O)(=O)O)c2ccc3cc(S(=O)(=O)O)ccc3c2C1(C)C)c1ccccn1. The van der Waals surface area contributed by atoms with Crippen LogP contribution in [-0.2, 0) is 25.7 Å². The number of hydrogen-bond donors (Lipinski definition) is 2. The summed E-state index contributed by atoms with van der Waals surface area (Å²) >= 11 is 0. The number of rotatable bonds is 9. The molecule has 0 spiro atoms. The Bertz CT molecular complexity index is 1580. The lowest BCUT2D eigenvalue weighted by Crippen LogP contribution is -2.28. The Morgan fingerprint density at radius 3 is 2.46 bits per heavy atom. The van der Waals surface area contributed by atoms with E-state index in [4.69, 9.17) is 0 Å². The lowest BCUT2D eigenvalue weighted by atomic mass is 9.80. The number of pyridine rings is 1. The van der Waals surface area contributed by atoms with E-state index >= 15 is 0 Å². The highest BCUT2D eigenvalue weighted by atomic mass is 32.2. The van der Waals surface area contributed by atoms with Crippen molar-refractivity contribution in [3.63, 3.8) is 0 Å². The third-order valence-electron chi connectivity index (χ3n) is 6.82. The van der Waals surface area contributed by atoms with Crippen molar-refractivity contribution in [1.82, 2.24) is 4.98 Å². The second-order valence-electron chi connectivity index (χ2n) is 9.66. The molecule has 2 aromatic carbocycles. The second-order valence-corrected chi connectivity index (χ2v) is 12.6. The molecule has 3 aromatic rings.